The van der Waals surface area contributed by atoms with Gasteiger partial charge in [-0.1, -0.05) is 26.8 Å². The van der Waals surface area contributed by atoms with Gasteiger partial charge in [0.2, 0.25) is 0 Å². The van der Waals surface area contributed by atoms with Crippen molar-refractivity contribution in [2.24, 2.45) is 0 Å². The molecule has 9 heavy (non-hydrogen) atoms. The average Bonchev–Trinajstić information content (AvgIpc) is 1.63. The van der Waals surface area contributed by atoms with Crippen LogP contribution in [0.3, 0.4) is 0 Å². The largest absolute Gasteiger partial charge is 0.421 e. The van der Waals surface area contributed by atoms with Crippen LogP contribution in [0.25, 0.3) is 0 Å². The molecule has 0 heterocycles. The first-order valence-corrected chi connectivity index (χ1v) is 4.82. The molecule has 0 aliphatic carbocycles. The molecule has 0 aliphatic heterocycles. The highest BCUT2D eigenvalue weighted by Gasteiger charge is 2.08. The SMILES string of the molecule is CC=CN[SiH2]C(C)(C)C. The summed E-state index contributed by atoms with van der Waals surface area (Å²) in [4.78, 5) is 3.33. The second kappa shape index (κ2) is 3.72. The van der Waals surface area contributed by atoms with Crippen molar-refractivity contribution in [1.82, 2.24) is 4.98 Å². The molecule has 0 spiro atoms. The Morgan fingerprint density at radius 1 is 1.33 bits per heavy atom. The van der Waals surface area contributed by atoms with Crippen LogP contribution in [0.4, 0.5) is 0 Å². The zero-order valence-corrected chi connectivity index (χ0v) is 8.28. The lowest BCUT2D eigenvalue weighted by Crippen LogP contribution is -2.21. The molecular formula is C7H17NSi. The van der Waals surface area contributed by atoms with Crippen LogP contribution in [0.1, 0.15) is 27.7 Å². The van der Waals surface area contributed by atoms with E-state index in [0.717, 1.165) is 0 Å². The van der Waals surface area contributed by atoms with Crippen molar-refractivity contribution in [3.05, 3.63) is 12.3 Å². The van der Waals surface area contributed by atoms with Gasteiger partial charge in [-0.2, -0.15) is 0 Å². The van der Waals surface area contributed by atoms with Crippen LogP contribution >= 0.6 is 0 Å². The van der Waals surface area contributed by atoms with E-state index >= 15 is 0 Å². The summed E-state index contributed by atoms with van der Waals surface area (Å²) in [6.07, 6.45) is 4.08. The first kappa shape index (κ1) is 8.76. The van der Waals surface area contributed by atoms with Gasteiger partial charge in [0.25, 0.3) is 0 Å². The molecular weight excluding hydrogens is 126 g/mol. The number of hydrogen-bond acceptors (Lipinski definition) is 1. The van der Waals surface area contributed by atoms with E-state index < -0.39 is 0 Å². The maximum absolute atomic E-state index is 3.33. The third-order valence-corrected chi connectivity index (χ3v) is 2.42. The quantitative estimate of drug-likeness (QED) is 0.576. The molecule has 0 amide bonds. The molecule has 2 heteroatoms. The van der Waals surface area contributed by atoms with Crippen LogP contribution in [-0.4, -0.2) is 9.68 Å². The number of nitrogens with one attached hydrogen (secondary N) is 1. The molecule has 0 atom stereocenters. The molecule has 0 saturated heterocycles. The Bertz CT molecular complexity index is 91.6. The lowest BCUT2D eigenvalue weighted by molar-refractivity contribution is 0.743. The maximum Gasteiger partial charge on any atom is 0.125 e. The van der Waals surface area contributed by atoms with E-state index in [4.69, 9.17) is 0 Å². The standard InChI is InChI=1S/C7H17NSi/c1-5-6-8-9-7(2,3)4/h5-6,8H,9H2,1-4H3. The van der Waals surface area contributed by atoms with Crippen molar-refractivity contribution in [2.45, 2.75) is 32.7 Å². The fourth-order valence-corrected chi connectivity index (χ4v) is 1.45. The van der Waals surface area contributed by atoms with Crippen molar-refractivity contribution >= 4 is 9.68 Å². The predicted molar refractivity (Wildman–Crippen MR) is 46.2 cm³/mol. The van der Waals surface area contributed by atoms with Crippen LogP contribution in [-0.2, 0) is 0 Å². The normalized spacial score (nSPS) is 13.8. The summed E-state index contributed by atoms with van der Waals surface area (Å²) >= 11 is 0. The molecule has 0 bridgehead atoms. The van der Waals surface area contributed by atoms with Gasteiger partial charge in [-0.15, -0.1) is 0 Å². The van der Waals surface area contributed by atoms with E-state index in [-0.39, 0.29) is 9.68 Å². The van der Waals surface area contributed by atoms with Crippen LogP contribution < -0.4 is 4.98 Å². The van der Waals surface area contributed by atoms with E-state index in [9.17, 15) is 0 Å². The van der Waals surface area contributed by atoms with E-state index in [1.165, 1.54) is 0 Å². The van der Waals surface area contributed by atoms with E-state index in [2.05, 4.69) is 25.8 Å². The number of allylic oxidation sites excluding steroid dienone is 1. The fourth-order valence-electron chi connectivity index (χ4n) is 0.483. The molecule has 0 rings (SSSR count). The third-order valence-electron chi connectivity index (χ3n) is 0.917. The molecule has 0 aromatic carbocycles. The summed E-state index contributed by atoms with van der Waals surface area (Å²) < 4.78 is 0. The van der Waals surface area contributed by atoms with E-state index in [1.807, 2.05) is 19.2 Å². The summed E-state index contributed by atoms with van der Waals surface area (Å²) in [5.41, 5.74) is 0. The predicted octanol–water partition coefficient (Wildman–Crippen LogP) is 1.41. The minimum atomic E-state index is -0.0982. The Morgan fingerprint density at radius 3 is 2.22 bits per heavy atom. The van der Waals surface area contributed by atoms with Gasteiger partial charge in [-0.05, 0) is 18.2 Å². The van der Waals surface area contributed by atoms with Gasteiger partial charge in [0.05, 0.1) is 0 Å². The summed E-state index contributed by atoms with van der Waals surface area (Å²) in [7, 11) is -0.0982. The summed E-state index contributed by atoms with van der Waals surface area (Å²) in [5.74, 6) is 0. The minimum absolute atomic E-state index is 0.0982. The Morgan fingerprint density at radius 2 is 1.89 bits per heavy atom. The Balaban J connectivity index is 3.28. The van der Waals surface area contributed by atoms with Gasteiger partial charge in [0, 0.05) is 0 Å². The summed E-state index contributed by atoms with van der Waals surface area (Å²) in [6.45, 7) is 8.85. The molecule has 1 nitrogen and oxygen atoms in total. The molecule has 0 aromatic rings. The van der Waals surface area contributed by atoms with Crippen molar-refractivity contribution < 1.29 is 0 Å². The Labute approximate surface area is 60.4 Å². The highest BCUT2D eigenvalue weighted by Crippen LogP contribution is 2.17. The van der Waals surface area contributed by atoms with Crippen molar-refractivity contribution in [3.63, 3.8) is 0 Å². The fraction of sp³-hybridized carbons (Fsp3) is 0.714. The molecule has 0 fully saturated rings. The number of rotatable bonds is 2. The highest BCUT2D eigenvalue weighted by molar-refractivity contribution is 6.36. The van der Waals surface area contributed by atoms with Crippen LogP contribution in [0, 0.1) is 0 Å². The lowest BCUT2D eigenvalue weighted by Gasteiger charge is -2.16. The number of hydrogen-bond donors (Lipinski definition) is 1. The average molecular weight is 143 g/mol. The highest BCUT2D eigenvalue weighted by atomic mass is 28.2. The molecule has 1 N–H and O–H groups in total. The van der Waals surface area contributed by atoms with E-state index in [1.54, 1.807) is 0 Å². The molecule has 0 saturated carbocycles. The molecule has 0 unspecified atom stereocenters. The van der Waals surface area contributed by atoms with Gasteiger partial charge in [-0.25, -0.2) is 0 Å². The molecule has 0 aromatic heterocycles. The lowest BCUT2D eigenvalue weighted by atomic mass is 10.3. The molecule has 0 radical (unpaired) electrons. The zero-order valence-electron chi connectivity index (χ0n) is 6.86. The smallest absolute Gasteiger partial charge is 0.125 e. The monoisotopic (exact) mass is 143 g/mol. The molecule has 0 aliphatic rings. The molecule has 54 valence electrons. The zero-order chi connectivity index (χ0) is 7.33. The van der Waals surface area contributed by atoms with Gasteiger partial charge in [0.15, 0.2) is 0 Å². The first-order chi connectivity index (χ1) is 4.06. The summed E-state index contributed by atoms with van der Waals surface area (Å²) in [6, 6.07) is 0. The van der Waals surface area contributed by atoms with Crippen molar-refractivity contribution in [2.75, 3.05) is 0 Å². The van der Waals surface area contributed by atoms with Crippen LogP contribution in [0.5, 0.6) is 0 Å². The third kappa shape index (κ3) is 7.76. The van der Waals surface area contributed by atoms with Gasteiger partial charge >= 0.3 is 0 Å². The van der Waals surface area contributed by atoms with Gasteiger partial charge in [0.1, 0.15) is 9.68 Å². The Hall–Kier alpha value is -0.243. The topological polar surface area (TPSA) is 12.0 Å². The second-order valence-electron chi connectivity index (χ2n) is 3.44. The van der Waals surface area contributed by atoms with Crippen molar-refractivity contribution in [3.8, 4) is 0 Å². The summed E-state index contributed by atoms with van der Waals surface area (Å²) in [5, 5.41) is 0.527. The minimum Gasteiger partial charge on any atom is -0.421 e. The van der Waals surface area contributed by atoms with Gasteiger partial charge in [-0.3, -0.25) is 0 Å². The Kier molecular flexibility index (Phi) is 3.62. The van der Waals surface area contributed by atoms with Gasteiger partial charge < -0.3 is 4.98 Å². The first-order valence-electron chi connectivity index (χ1n) is 3.41. The van der Waals surface area contributed by atoms with Crippen LogP contribution in [0.2, 0.25) is 5.04 Å². The maximum atomic E-state index is 3.33. The van der Waals surface area contributed by atoms with Crippen LogP contribution in [0.15, 0.2) is 12.3 Å². The van der Waals surface area contributed by atoms with E-state index in [0.29, 0.717) is 5.04 Å². The van der Waals surface area contributed by atoms with Crippen molar-refractivity contribution in [1.29, 1.82) is 0 Å². The second-order valence-corrected chi connectivity index (χ2v) is 6.32.